The number of rotatable bonds is 7. The Labute approximate surface area is 233 Å². The van der Waals surface area contributed by atoms with Gasteiger partial charge in [-0.1, -0.05) is 65.7 Å². The predicted octanol–water partition coefficient (Wildman–Crippen LogP) is 5.28. The number of carbonyl (C=O) groups is 2. The van der Waals surface area contributed by atoms with Crippen molar-refractivity contribution in [3.63, 3.8) is 0 Å². The second-order valence-electron chi connectivity index (χ2n) is 9.91. The zero-order chi connectivity index (χ0) is 27.4. The van der Waals surface area contributed by atoms with Crippen LogP contribution < -0.4 is 11.1 Å². The second kappa shape index (κ2) is 12.2. The number of dihydropyridines is 1. The van der Waals surface area contributed by atoms with Gasteiger partial charge in [0.25, 0.3) is 0 Å². The van der Waals surface area contributed by atoms with Crippen molar-refractivity contribution in [2.24, 2.45) is 5.73 Å². The largest absolute Gasteiger partial charge is 0.459 e. The molecule has 0 bridgehead atoms. The molecule has 2 unspecified atom stereocenters. The molecule has 38 heavy (non-hydrogen) atoms. The summed E-state index contributed by atoms with van der Waals surface area (Å²) < 4.78 is 11.6. The molecule has 2 atom stereocenters. The highest BCUT2D eigenvalue weighted by molar-refractivity contribution is 6.42. The van der Waals surface area contributed by atoms with Gasteiger partial charge in [-0.05, 0) is 57.4 Å². The van der Waals surface area contributed by atoms with Crippen LogP contribution in [0.1, 0.15) is 50.7 Å². The Morgan fingerprint density at radius 1 is 1.08 bits per heavy atom. The summed E-state index contributed by atoms with van der Waals surface area (Å²) in [5.74, 6) is -2.00. The Morgan fingerprint density at radius 2 is 1.82 bits per heavy atom. The van der Waals surface area contributed by atoms with Crippen LogP contribution in [0.3, 0.4) is 0 Å². The average Bonchev–Trinajstić information content (AvgIpc) is 2.85. The minimum absolute atomic E-state index is 0.0924. The van der Waals surface area contributed by atoms with Crippen LogP contribution in [0.2, 0.25) is 10.0 Å². The van der Waals surface area contributed by atoms with E-state index in [1.54, 1.807) is 39.0 Å². The summed E-state index contributed by atoms with van der Waals surface area (Å²) in [6.45, 7) is 7.53. The molecule has 4 rings (SSSR count). The first-order valence-corrected chi connectivity index (χ1v) is 13.5. The van der Waals surface area contributed by atoms with Gasteiger partial charge >= 0.3 is 11.9 Å². The predicted molar refractivity (Wildman–Crippen MR) is 148 cm³/mol. The summed E-state index contributed by atoms with van der Waals surface area (Å²) in [6, 6.07) is 15.3. The maximum Gasteiger partial charge on any atom is 0.338 e. The normalized spacial score (nSPS) is 20.4. The van der Waals surface area contributed by atoms with E-state index < -0.39 is 24.0 Å². The van der Waals surface area contributed by atoms with Crippen molar-refractivity contribution >= 4 is 35.1 Å². The van der Waals surface area contributed by atoms with Crippen molar-refractivity contribution in [2.45, 2.75) is 58.3 Å². The van der Waals surface area contributed by atoms with Gasteiger partial charge in [-0.3, -0.25) is 4.90 Å². The van der Waals surface area contributed by atoms with Crippen LogP contribution in [0, 0.1) is 0 Å². The van der Waals surface area contributed by atoms with Crippen LogP contribution >= 0.6 is 23.2 Å². The molecule has 0 spiro atoms. The fraction of sp³-hybridized carbons (Fsp3) is 0.379. The van der Waals surface area contributed by atoms with Crippen LogP contribution in [-0.2, 0) is 25.6 Å². The number of allylic oxidation sites excluding steroid dienone is 1. The van der Waals surface area contributed by atoms with E-state index in [1.165, 1.54) is 5.56 Å². The molecule has 0 radical (unpaired) electrons. The van der Waals surface area contributed by atoms with Crippen LogP contribution in [-0.4, -0.2) is 42.1 Å². The van der Waals surface area contributed by atoms with Gasteiger partial charge in [0.05, 0.1) is 33.2 Å². The molecule has 2 aliphatic heterocycles. The molecule has 0 saturated carbocycles. The first-order chi connectivity index (χ1) is 18.2. The van der Waals surface area contributed by atoms with Crippen molar-refractivity contribution < 1.29 is 19.1 Å². The van der Waals surface area contributed by atoms with Crippen molar-refractivity contribution in [2.75, 3.05) is 13.1 Å². The average molecular weight is 559 g/mol. The topological polar surface area (TPSA) is 93.9 Å². The molecule has 202 valence electrons. The maximum atomic E-state index is 13.8. The van der Waals surface area contributed by atoms with E-state index in [9.17, 15) is 9.59 Å². The molecule has 1 saturated heterocycles. The molecule has 7 nitrogen and oxygen atoms in total. The highest BCUT2D eigenvalue weighted by atomic mass is 35.5. The quantitative estimate of drug-likeness (QED) is 0.447. The number of nitrogens with zero attached hydrogens (tertiary/aromatic N) is 1. The first-order valence-electron chi connectivity index (χ1n) is 12.7. The molecule has 9 heteroatoms. The summed E-state index contributed by atoms with van der Waals surface area (Å²) in [5, 5.41) is 3.50. The molecular formula is C29H33Cl2N3O4. The minimum atomic E-state index is -0.912. The Hall–Kier alpha value is -3.00. The number of nitrogens with two attached hydrogens (primary N) is 1. The number of halogens is 2. The Kier molecular flexibility index (Phi) is 9.03. The Bertz CT molecular complexity index is 1260. The SMILES string of the molecule is CC1=C(C(=O)OC2CCCN(Cc3ccccc3)C2)C(c2cccc(Cl)c2Cl)C(C(=O)OC(C)C)=C(N)N1. The van der Waals surface area contributed by atoms with Gasteiger partial charge in [0.1, 0.15) is 11.9 Å². The van der Waals surface area contributed by atoms with Crippen molar-refractivity contribution in [3.05, 3.63) is 92.4 Å². The highest BCUT2D eigenvalue weighted by Gasteiger charge is 2.41. The standard InChI is InChI=1S/C29H33Cl2N3O4/c1-17(2)37-29(36)25-24(21-12-7-13-22(30)26(21)31)23(18(3)33-27(25)32)28(35)38-20-11-8-14-34(16-20)15-19-9-5-4-6-10-19/h4-7,9-10,12-13,17,20,24,33H,8,11,14-16,32H2,1-3H3. The zero-order valence-corrected chi connectivity index (χ0v) is 23.3. The fourth-order valence-corrected chi connectivity index (χ4v) is 5.41. The molecule has 2 aliphatic rings. The number of likely N-dealkylation sites (tertiary alicyclic amines) is 1. The summed E-state index contributed by atoms with van der Waals surface area (Å²) in [7, 11) is 0. The summed E-state index contributed by atoms with van der Waals surface area (Å²) in [4.78, 5) is 29.3. The van der Waals surface area contributed by atoms with Crippen LogP contribution in [0.5, 0.6) is 0 Å². The third-order valence-corrected chi connectivity index (χ3v) is 7.49. The number of hydrogen-bond acceptors (Lipinski definition) is 7. The van der Waals surface area contributed by atoms with E-state index >= 15 is 0 Å². The number of carbonyl (C=O) groups excluding carboxylic acids is 2. The van der Waals surface area contributed by atoms with Gasteiger partial charge in [-0.25, -0.2) is 9.59 Å². The summed E-state index contributed by atoms with van der Waals surface area (Å²) in [6.07, 6.45) is 0.965. The molecule has 0 aliphatic carbocycles. The third kappa shape index (κ3) is 6.34. The number of benzene rings is 2. The molecule has 2 aromatic carbocycles. The lowest BCUT2D eigenvalue weighted by Crippen LogP contribution is -2.42. The number of hydrogen-bond donors (Lipinski definition) is 2. The Morgan fingerprint density at radius 3 is 2.53 bits per heavy atom. The fourth-order valence-electron chi connectivity index (χ4n) is 4.99. The molecular weight excluding hydrogens is 525 g/mol. The lowest BCUT2D eigenvalue weighted by atomic mass is 9.81. The van der Waals surface area contributed by atoms with E-state index in [4.69, 9.17) is 38.4 Å². The Balaban J connectivity index is 1.63. The summed E-state index contributed by atoms with van der Waals surface area (Å²) in [5.41, 5.74) is 8.80. The molecule has 0 aromatic heterocycles. The van der Waals surface area contributed by atoms with Gasteiger partial charge in [0, 0.05) is 18.8 Å². The monoisotopic (exact) mass is 557 g/mol. The van der Waals surface area contributed by atoms with E-state index in [0.29, 0.717) is 22.8 Å². The zero-order valence-electron chi connectivity index (χ0n) is 21.8. The molecule has 2 aromatic rings. The van der Waals surface area contributed by atoms with Gasteiger partial charge < -0.3 is 20.5 Å². The van der Waals surface area contributed by atoms with Gasteiger partial charge in [0.15, 0.2) is 0 Å². The molecule has 3 N–H and O–H groups in total. The number of esters is 2. The first kappa shape index (κ1) is 28.0. The molecule has 1 fully saturated rings. The van der Waals surface area contributed by atoms with Gasteiger partial charge in [-0.2, -0.15) is 0 Å². The van der Waals surface area contributed by atoms with E-state index in [2.05, 4.69) is 22.3 Å². The van der Waals surface area contributed by atoms with E-state index in [0.717, 1.165) is 25.9 Å². The minimum Gasteiger partial charge on any atom is -0.459 e. The van der Waals surface area contributed by atoms with Crippen LogP contribution in [0.25, 0.3) is 0 Å². The van der Waals surface area contributed by atoms with Crippen molar-refractivity contribution in [1.82, 2.24) is 10.2 Å². The molecule has 0 amide bonds. The number of piperidine rings is 1. The highest BCUT2D eigenvalue weighted by Crippen LogP contribution is 2.43. The van der Waals surface area contributed by atoms with Crippen molar-refractivity contribution in [1.29, 1.82) is 0 Å². The number of nitrogens with one attached hydrogen (secondary N) is 1. The van der Waals surface area contributed by atoms with Crippen LogP contribution in [0.4, 0.5) is 0 Å². The van der Waals surface area contributed by atoms with Gasteiger partial charge in [-0.15, -0.1) is 0 Å². The van der Waals surface area contributed by atoms with E-state index in [-0.39, 0.29) is 28.1 Å². The maximum absolute atomic E-state index is 13.8. The third-order valence-electron chi connectivity index (χ3n) is 6.65. The lowest BCUT2D eigenvalue weighted by molar-refractivity contribution is -0.147. The number of ether oxygens (including phenoxy) is 2. The van der Waals surface area contributed by atoms with Crippen LogP contribution in [0.15, 0.2) is 71.2 Å². The second-order valence-corrected chi connectivity index (χ2v) is 10.7. The van der Waals surface area contributed by atoms with Crippen molar-refractivity contribution in [3.8, 4) is 0 Å². The van der Waals surface area contributed by atoms with Gasteiger partial charge in [0.2, 0.25) is 0 Å². The summed E-state index contributed by atoms with van der Waals surface area (Å²) >= 11 is 12.9. The van der Waals surface area contributed by atoms with E-state index in [1.807, 2.05) is 18.2 Å². The molecule has 2 heterocycles. The smallest absolute Gasteiger partial charge is 0.338 e. The lowest BCUT2D eigenvalue weighted by Gasteiger charge is -2.34.